The maximum absolute atomic E-state index is 9.46. The SMILES string of the molecule is CC(C)COc1ccc(CCC(O)CO)cc1OCC(C)C. The van der Waals surface area contributed by atoms with E-state index in [9.17, 15) is 5.11 Å². The second-order valence-electron chi connectivity index (χ2n) is 6.57. The molecular formula is C18H30O4. The van der Waals surface area contributed by atoms with E-state index in [1.165, 1.54) is 0 Å². The van der Waals surface area contributed by atoms with E-state index in [1.807, 2.05) is 18.2 Å². The van der Waals surface area contributed by atoms with Gasteiger partial charge in [-0.15, -0.1) is 0 Å². The Balaban J connectivity index is 2.78. The van der Waals surface area contributed by atoms with Crippen LogP contribution in [0, 0.1) is 11.8 Å². The first kappa shape index (κ1) is 18.8. The van der Waals surface area contributed by atoms with Crippen molar-refractivity contribution in [2.75, 3.05) is 19.8 Å². The number of hydrogen-bond donors (Lipinski definition) is 2. The fourth-order valence-corrected chi connectivity index (χ4v) is 1.88. The first-order valence-corrected chi connectivity index (χ1v) is 8.09. The number of hydrogen-bond acceptors (Lipinski definition) is 4. The molecule has 0 aliphatic carbocycles. The molecule has 1 aromatic carbocycles. The lowest BCUT2D eigenvalue weighted by Crippen LogP contribution is -2.13. The smallest absolute Gasteiger partial charge is 0.161 e. The van der Waals surface area contributed by atoms with Gasteiger partial charge in [-0.25, -0.2) is 0 Å². The molecule has 0 fully saturated rings. The van der Waals surface area contributed by atoms with Crippen molar-refractivity contribution in [1.82, 2.24) is 0 Å². The molecule has 1 aromatic rings. The van der Waals surface area contributed by atoms with Gasteiger partial charge >= 0.3 is 0 Å². The maximum atomic E-state index is 9.46. The molecule has 1 unspecified atom stereocenters. The van der Waals surface area contributed by atoms with Crippen LogP contribution in [-0.2, 0) is 6.42 Å². The summed E-state index contributed by atoms with van der Waals surface area (Å²) < 4.78 is 11.7. The van der Waals surface area contributed by atoms with Crippen LogP contribution in [0.3, 0.4) is 0 Å². The molecule has 0 bridgehead atoms. The van der Waals surface area contributed by atoms with Gasteiger partial charge in [0.2, 0.25) is 0 Å². The molecule has 0 aromatic heterocycles. The van der Waals surface area contributed by atoms with Crippen molar-refractivity contribution in [2.45, 2.75) is 46.6 Å². The molecule has 0 heterocycles. The Bertz CT molecular complexity index is 429. The second-order valence-corrected chi connectivity index (χ2v) is 6.57. The van der Waals surface area contributed by atoms with E-state index in [4.69, 9.17) is 14.6 Å². The molecule has 0 saturated carbocycles. The van der Waals surface area contributed by atoms with Gasteiger partial charge in [-0.05, 0) is 42.4 Å². The lowest BCUT2D eigenvalue weighted by molar-refractivity contribution is 0.0885. The summed E-state index contributed by atoms with van der Waals surface area (Å²) in [6, 6.07) is 5.89. The highest BCUT2D eigenvalue weighted by Crippen LogP contribution is 2.30. The van der Waals surface area contributed by atoms with Crippen molar-refractivity contribution < 1.29 is 19.7 Å². The van der Waals surface area contributed by atoms with Crippen molar-refractivity contribution in [1.29, 1.82) is 0 Å². The topological polar surface area (TPSA) is 58.9 Å². The van der Waals surface area contributed by atoms with E-state index in [-0.39, 0.29) is 6.61 Å². The van der Waals surface area contributed by atoms with Gasteiger partial charge < -0.3 is 19.7 Å². The van der Waals surface area contributed by atoms with Crippen molar-refractivity contribution in [3.63, 3.8) is 0 Å². The van der Waals surface area contributed by atoms with Crippen LogP contribution in [-0.4, -0.2) is 36.1 Å². The molecule has 1 rings (SSSR count). The maximum Gasteiger partial charge on any atom is 0.161 e. The standard InChI is InChI=1S/C18H30O4/c1-13(2)11-21-17-8-6-15(5-7-16(20)10-19)9-18(17)22-12-14(3)4/h6,8-9,13-14,16,19-20H,5,7,10-12H2,1-4H3. The normalized spacial score (nSPS) is 12.7. The Hall–Kier alpha value is -1.26. The molecule has 126 valence electrons. The fraction of sp³-hybridized carbons (Fsp3) is 0.667. The van der Waals surface area contributed by atoms with Gasteiger partial charge in [-0.1, -0.05) is 33.8 Å². The lowest BCUT2D eigenvalue weighted by atomic mass is 10.1. The average molecular weight is 310 g/mol. The minimum Gasteiger partial charge on any atom is -0.489 e. The van der Waals surface area contributed by atoms with Crippen LogP contribution in [0.5, 0.6) is 11.5 Å². The van der Waals surface area contributed by atoms with Gasteiger partial charge in [0, 0.05) is 0 Å². The highest BCUT2D eigenvalue weighted by atomic mass is 16.5. The Morgan fingerprint density at radius 2 is 1.55 bits per heavy atom. The molecule has 0 radical (unpaired) electrons. The number of benzene rings is 1. The van der Waals surface area contributed by atoms with Gasteiger partial charge in [-0.2, -0.15) is 0 Å². The summed E-state index contributed by atoms with van der Waals surface area (Å²) in [6.45, 7) is 9.53. The van der Waals surface area contributed by atoms with Gasteiger partial charge in [0.15, 0.2) is 11.5 Å². The molecule has 4 heteroatoms. The molecular weight excluding hydrogens is 280 g/mol. The van der Waals surface area contributed by atoms with Crippen LogP contribution >= 0.6 is 0 Å². The van der Waals surface area contributed by atoms with E-state index in [2.05, 4.69) is 27.7 Å². The quantitative estimate of drug-likeness (QED) is 0.697. The van der Waals surface area contributed by atoms with E-state index >= 15 is 0 Å². The summed E-state index contributed by atoms with van der Waals surface area (Å²) in [5, 5.41) is 18.3. The monoisotopic (exact) mass is 310 g/mol. The summed E-state index contributed by atoms with van der Waals surface area (Å²) in [5.41, 5.74) is 1.07. The first-order chi connectivity index (χ1) is 10.4. The largest absolute Gasteiger partial charge is 0.489 e. The van der Waals surface area contributed by atoms with Crippen LogP contribution < -0.4 is 9.47 Å². The number of aryl methyl sites for hydroxylation is 1. The minimum absolute atomic E-state index is 0.202. The van der Waals surface area contributed by atoms with Gasteiger partial charge in [-0.3, -0.25) is 0 Å². The predicted octanol–water partition coefficient (Wildman–Crippen LogP) is 3.04. The fourth-order valence-electron chi connectivity index (χ4n) is 1.88. The van der Waals surface area contributed by atoms with Crippen molar-refractivity contribution in [3.05, 3.63) is 23.8 Å². The summed E-state index contributed by atoms with van der Waals surface area (Å²) in [7, 11) is 0. The van der Waals surface area contributed by atoms with E-state index in [0.29, 0.717) is 37.9 Å². The third kappa shape index (κ3) is 7.14. The average Bonchev–Trinajstić information content (AvgIpc) is 2.48. The number of ether oxygens (including phenoxy) is 2. The summed E-state index contributed by atoms with van der Waals surface area (Å²) in [5.74, 6) is 2.42. The Morgan fingerprint density at radius 3 is 2.09 bits per heavy atom. The van der Waals surface area contributed by atoms with E-state index in [1.54, 1.807) is 0 Å². The van der Waals surface area contributed by atoms with Gasteiger partial charge in [0.25, 0.3) is 0 Å². The zero-order chi connectivity index (χ0) is 16.5. The zero-order valence-corrected chi connectivity index (χ0v) is 14.2. The molecule has 0 aliphatic heterocycles. The minimum atomic E-state index is -0.670. The third-order valence-electron chi connectivity index (χ3n) is 3.13. The Morgan fingerprint density at radius 1 is 0.955 bits per heavy atom. The first-order valence-electron chi connectivity index (χ1n) is 8.09. The number of aliphatic hydroxyl groups excluding tert-OH is 2. The van der Waals surface area contributed by atoms with Crippen molar-refractivity contribution in [2.24, 2.45) is 11.8 Å². The summed E-state index contributed by atoms with van der Waals surface area (Å²) in [6.07, 6.45) is 0.563. The van der Waals surface area contributed by atoms with E-state index < -0.39 is 6.10 Å². The van der Waals surface area contributed by atoms with Crippen LogP contribution in [0.15, 0.2) is 18.2 Å². The molecule has 0 amide bonds. The summed E-state index contributed by atoms with van der Waals surface area (Å²) in [4.78, 5) is 0. The van der Waals surface area contributed by atoms with Crippen LogP contribution in [0.25, 0.3) is 0 Å². The predicted molar refractivity (Wildman–Crippen MR) is 88.5 cm³/mol. The molecule has 1 atom stereocenters. The van der Waals surface area contributed by atoms with Crippen molar-refractivity contribution in [3.8, 4) is 11.5 Å². The number of aliphatic hydroxyl groups is 2. The van der Waals surface area contributed by atoms with Crippen LogP contribution in [0.2, 0.25) is 0 Å². The Labute approximate surface area is 134 Å². The lowest BCUT2D eigenvalue weighted by Gasteiger charge is -2.16. The molecule has 0 spiro atoms. The Kier molecular flexibility index (Phi) is 8.28. The van der Waals surface area contributed by atoms with Crippen LogP contribution in [0.4, 0.5) is 0 Å². The highest BCUT2D eigenvalue weighted by molar-refractivity contribution is 5.43. The number of rotatable bonds is 10. The highest BCUT2D eigenvalue weighted by Gasteiger charge is 2.10. The van der Waals surface area contributed by atoms with Gasteiger partial charge in [0.1, 0.15) is 0 Å². The zero-order valence-electron chi connectivity index (χ0n) is 14.2. The van der Waals surface area contributed by atoms with Gasteiger partial charge in [0.05, 0.1) is 25.9 Å². The molecule has 2 N–H and O–H groups in total. The van der Waals surface area contributed by atoms with Crippen LogP contribution in [0.1, 0.15) is 39.7 Å². The third-order valence-corrected chi connectivity index (χ3v) is 3.13. The summed E-state index contributed by atoms with van der Waals surface area (Å²) >= 11 is 0. The van der Waals surface area contributed by atoms with E-state index in [0.717, 1.165) is 17.1 Å². The molecule has 0 aliphatic rings. The van der Waals surface area contributed by atoms with Crippen molar-refractivity contribution >= 4 is 0 Å². The second kappa shape index (κ2) is 9.70. The molecule has 0 saturated heterocycles. The molecule has 4 nitrogen and oxygen atoms in total. The molecule has 22 heavy (non-hydrogen) atoms.